The van der Waals surface area contributed by atoms with E-state index in [4.69, 9.17) is 9.47 Å². The maximum absolute atomic E-state index is 13.8. The van der Waals surface area contributed by atoms with Crippen LogP contribution in [0, 0.1) is 5.82 Å². The average molecular weight is 288 g/mol. The lowest BCUT2D eigenvalue weighted by Crippen LogP contribution is -2.24. The minimum Gasteiger partial charge on any atom is -0.508 e. The highest BCUT2D eigenvalue weighted by atomic mass is 19.1. The first-order valence-electron chi connectivity index (χ1n) is 7.09. The summed E-state index contributed by atoms with van der Waals surface area (Å²) in [6.07, 6.45) is 2.91. The number of ether oxygens (including phenoxy) is 2. The lowest BCUT2D eigenvalue weighted by Gasteiger charge is -2.23. The van der Waals surface area contributed by atoms with Crippen LogP contribution in [0.15, 0.2) is 42.5 Å². The van der Waals surface area contributed by atoms with Gasteiger partial charge in [-0.3, -0.25) is 0 Å². The van der Waals surface area contributed by atoms with Gasteiger partial charge in [0.15, 0.2) is 6.29 Å². The molecule has 0 spiro atoms. The Bertz CT molecular complexity index is 604. The van der Waals surface area contributed by atoms with Crippen LogP contribution in [-0.4, -0.2) is 18.0 Å². The molecule has 21 heavy (non-hydrogen) atoms. The second-order valence-electron chi connectivity index (χ2n) is 5.10. The van der Waals surface area contributed by atoms with Crippen molar-refractivity contribution in [1.82, 2.24) is 0 Å². The van der Waals surface area contributed by atoms with Crippen molar-refractivity contribution in [3.63, 3.8) is 0 Å². The van der Waals surface area contributed by atoms with E-state index in [2.05, 4.69) is 0 Å². The van der Waals surface area contributed by atoms with Crippen molar-refractivity contribution in [3.8, 4) is 22.6 Å². The third kappa shape index (κ3) is 3.34. The standard InChI is InChI=1S/C17H17FO3/c18-16-11-13(19)6-9-15(16)12-4-7-14(8-5-12)21-17-3-1-2-10-20-17/h4-9,11,17,19H,1-3,10H2. The van der Waals surface area contributed by atoms with Gasteiger partial charge in [-0.2, -0.15) is 0 Å². The van der Waals surface area contributed by atoms with E-state index in [-0.39, 0.29) is 12.0 Å². The Labute approximate surface area is 122 Å². The predicted octanol–water partition coefficient (Wildman–Crippen LogP) is 4.10. The van der Waals surface area contributed by atoms with Gasteiger partial charge < -0.3 is 14.6 Å². The van der Waals surface area contributed by atoms with E-state index in [1.807, 2.05) is 0 Å². The van der Waals surface area contributed by atoms with Crippen LogP contribution in [0.25, 0.3) is 11.1 Å². The smallest absolute Gasteiger partial charge is 0.199 e. The molecule has 1 heterocycles. The van der Waals surface area contributed by atoms with Crippen molar-refractivity contribution in [2.75, 3.05) is 6.61 Å². The van der Waals surface area contributed by atoms with Crippen LogP contribution in [0.1, 0.15) is 19.3 Å². The van der Waals surface area contributed by atoms with E-state index < -0.39 is 5.82 Å². The van der Waals surface area contributed by atoms with E-state index in [0.29, 0.717) is 11.3 Å². The van der Waals surface area contributed by atoms with Crippen molar-refractivity contribution in [3.05, 3.63) is 48.3 Å². The third-order valence-electron chi connectivity index (χ3n) is 3.52. The molecule has 1 aliphatic rings. The zero-order chi connectivity index (χ0) is 14.7. The second kappa shape index (κ2) is 6.14. The number of hydrogen-bond donors (Lipinski definition) is 1. The minimum atomic E-state index is -0.445. The summed E-state index contributed by atoms with van der Waals surface area (Å²) in [6, 6.07) is 11.3. The van der Waals surface area contributed by atoms with Gasteiger partial charge >= 0.3 is 0 Å². The van der Waals surface area contributed by atoms with E-state index in [0.717, 1.165) is 37.5 Å². The van der Waals surface area contributed by atoms with Crippen LogP contribution in [0.5, 0.6) is 11.5 Å². The summed E-state index contributed by atoms with van der Waals surface area (Å²) in [5, 5.41) is 9.24. The molecule has 2 aromatic carbocycles. The van der Waals surface area contributed by atoms with Gasteiger partial charge in [-0.15, -0.1) is 0 Å². The average Bonchev–Trinajstić information content (AvgIpc) is 2.49. The first-order chi connectivity index (χ1) is 10.2. The molecule has 0 aliphatic carbocycles. The summed E-state index contributed by atoms with van der Waals surface area (Å²) < 4.78 is 25.1. The van der Waals surface area contributed by atoms with Gasteiger partial charge in [0.25, 0.3) is 0 Å². The quantitative estimate of drug-likeness (QED) is 0.924. The molecule has 0 bridgehead atoms. The molecule has 1 atom stereocenters. The largest absolute Gasteiger partial charge is 0.508 e. The van der Waals surface area contributed by atoms with Gasteiger partial charge in [-0.25, -0.2) is 4.39 Å². The Hall–Kier alpha value is -2.07. The molecule has 4 heteroatoms. The Morgan fingerprint density at radius 2 is 1.90 bits per heavy atom. The van der Waals surface area contributed by atoms with Crippen LogP contribution < -0.4 is 4.74 Å². The molecule has 3 nitrogen and oxygen atoms in total. The molecule has 2 aromatic rings. The SMILES string of the molecule is Oc1ccc(-c2ccc(OC3CCCCO3)cc2)c(F)c1. The zero-order valence-electron chi connectivity index (χ0n) is 11.6. The molecular weight excluding hydrogens is 271 g/mol. The molecule has 0 saturated carbocycles. The summed E-state index contributed by atoms with van der Waals surface area (Å²) in [4.78, 5) is 0. The molecule has 1 aliphatic heterocycles. The van der Waals surface area contributed by atoms with E-state index in [1.54, 1.807) is 30.3 Å². The van der Waals surface area contributed by atoms with Crippen LogP contribution in [-0.2, 0) is 4.74 Å². The van der Waals surface area contributed by atoms with E-state index >= 15 is 0 Å². The fraction of sp³-hybridized carbons (Fsp3) is 0.294. The molecule has 1 fully saturated rings. The summed E-state index contributed by atoms with van der Waals surface area (Å²) in [5.74, 6) is 0.190. The normalized spacial score (nSPS) is 18.4. The number of halogens is 1. The summed E-state index contributed by atoms with van der Waals surface area (Å²) in [6.45, 7) is 0.738. The first kappa shape index (κ1) is 13.9. The van der Waals surface area contributed by atoms with Crippen molar-refractivity contribution in [2.24, 2.45) is 0 Å². The van der Waals surface area contributed by atoms with Crippen molar-refractivity contribution >= 4 is 0 Å². The van der Waals surface area contributed by atoms with Crippen molar-refractivity contribution < 1.29 is 19.0 Å². The topological polar surface area (TPSA) is 38.7 Å². The van der Waals surface area contributed by atoms with Gasteiger partial charge in [-0.05, 0) is 42.7 Å². The van der Waals surface area contributed by atoms with Gasteiger partial charge in [0.05, 0.1) is 6.61 Å². The number of aromatic hydroxyl groups is 1. The molecule has 110 valence electrons. The number of benzene rings is 2. The lowest BCUT2D eigenvalue weighted by molar-refractivity contribution is -0.105. The highest BCUT2D eigenvalue weighted by Crippen LogP contribution is 2.28. The summed E-state index contributed by atoms with van der Waals surface area (Å²) >= 11 is 0. The molecule has 0 radical (unpaired) electrons. The number of hydrogen-bond acceptors (Lipinski definition) is 3. The molecule has 0 amide bonds. The van der Waals surface area contributed by atoms with Crippen LogP contribution >= 0.6 is 0 Å². The Kier molecular flexibility index (Phi) is 4.06. The van der Waals surface area contributed by atoms with Crippen molar-refractivity contribution in [2.45, 2.75) is 25.6 Å². The number of phenolic OH excluding ortho intramolecular Hbond substituents is 1. The molecular formula is C17H17FO3. The van der Waals surface area contributed by atoms with Crippen molar-refractivity contribution in [1.29, 1.82) is 0 Å². The van der Waals surface area contributed by atoms with Crippen LogP contribution in [0.2, 0.25) is 0 Å². The molecule has 1 saturated heterocycles. The van der Waals surface area contributed by atoms with Gasteiger partial charge in [0, 0.05) is 18.1 Å². The highest BCUT2D eigenvalue weighted by Gasteiger charge is 2.15. The van der Waals surface area contributed by atoms with Gasteiger partial charge in [0.2, 0.25) is 0 Å². The Morgan fingerprint density at radius 3 is 2.57 bits per heavy atom. The predicted molar refractivity (Wildman–Crippen MR) is 77.7 cm³/mol. The Morgan fingerprint density at radius 1 is 1.10 bits per heavy atom. The lowest BCUT2D eigenvalue weighted by atomic mass is 10.0. The maximum atomic E-state index is 13.8. The first-order valence-corrected chi connectivity index (χ1v) is 7.09. The number of phenols is 1. The van der Waals surface area contributed by atoms with Crippen LogP contribution in [0.3, 0.4) is 0 Å². The second-order valence-corrected chi connectivity index (χ2v) is 5.10. The maximum Gasteiger partial charge on any atom is 0.199 e. The fourth-order valence-corrected chi connectivity index (χ4v) is 2.41. The molecule has 0 aromatic heterocycles. The molecule has 1 unspecified atom stereocenters. The monoisotopic (exact) mass is 288 g/mol. The third-order valence-corrected chi connectivity index (χ3v) is 3.52. The van der Waals surface area contributed by atoms with Gasteiger partial charge in [-0.1, -0.05) is 12.1 Å². The zero-order valence-corrected chi connectivity index (χ0v) is 11.6. The Balaban J connectivity index is 1.74. The van der Waals surface area contributed by atoms with Gasteiger partial charge in [0.1, 0.15) is 17.3 Å². The van der Waals surface area contributed by atoms with Crippen LogP contribution in [0.4, 0.5) is 4.39 Å². The summed E-state index contributed by atoms with van der Waals surface area (Å²) in [7, 11) is 0. The van der Waals surface area contributed by atoms with E-state index in [1.165, 1.54) is 6.07 Å². The van der Waals surface area contributed by atoms with E-state index in [9.17, 15) is 9.50 Å². The highest BCUT2D eigenvalue weighted by molar-refractivity contribution is 5.65. The summed E-state index contributed by atoms with van der Waals surface area (Å²) in [5.41, 5.74) is 1.19. The fourth-order valence-electron chi connectivity index (χ4n) is 2.41. The number of rotatable bonds is 3. The minimum absolute atomic E-state index is 0.0781. The molecule has 1 N–H and O–H groups in total. The molecule has 3 rings (SSSR count).